The van der Waals surface area contributed by atoms with Gasteiger partial charge in [-0.3, -0.25) is 0 Å². The number of aliphatic carboxylic acids is 1. The first-order valence-electron chi connectivity index (χ1n) is 7.54. The molecule has 0 aromatic rings. The lowest BCUT2D eigenvalue weighted by atomic mass is 10.1. The third kappa shape index (κ3) is 4.27. The summed E-state index contributed by atoms with van der Waals surface area (Å²) in [6.45, 7) is 5.21. The van der Waals surface area contributed by atoms with Crippen LogP contribution >= 0.6 is 6.89 Å². The van der Waals surface area contributed by atoms with Crippen LogP contribution < -0.4 is 0 Å². The average Bonchev–Trinajstić information content (AvgIpc) is 2.82. The molecule has 0 aromatic heterocycles. The number of rotatable bonds is 5. The van der Waals surface area contributed by atoms with Crippen molar-refractivity contribution in [3.05, 3.63) is 23.2 Å². The molecule has 1 N–H and O–H groups in total. The summed E-state index contributed by atoms with van der Waals surface area (Å²) < 4.78 is 10.6. The molecule has 2 aliphatic rings. The minimum absolute atomic E-state index is 0.0449. The highest BCUT2D eigenvalue weighted by Gasteiger charge is 2.27. The summed E-state index contributed by atoms with van der Waals surface area (Å²) in [5.41, 5.74) is 1.12. The van der Waals surface area contributed by atoms with Crippen molar-refractivity contribution in [1.29, 1.82) is 0 Å². The number of allylic oxidation sites excluding steroid dienone is 2. The zero-order valence-electron chi connectivity index (χ0n) is 14.0. The molecule has 3 unspecified atom stereocenters. The lowest BCUT2D eigenvalue weighted by molar-refractivity contribution is -0.132. The lowest BCUT2D eigenvalue weighted by Gasteiger charge is -2.18. The van der Waals surface area contributed by atoms with Crippen molar-refractivity contribution in [2.45, 2.75) is 26.4 Å². The normalized spacial score (nSPS) is 31.6. The fraction of sp³-hybridized carbons (Fsp3) is 0.562. The van der Waals surface area contributed by atoms with Crippen molar-refractivity contribution >= 4 is 24.1 Å². The van der Waals surface area contributed by atoms with E-state index >= 15 is 0 Å². The van der Waals surface area contributed by atoms with Crippen LogP contribution in [0.4, 0.5) is 0 Å². The standard InChI is InChI=1S/C16H24NO5P/c1-11-8-21-9-15(11)22-17-12(2)23(4)6-5-14(20-3)7-13(10-23)16(18)19/h5-6,10-11,15H,7-9H2,1-4H3,(H,18,19)/b17-12+. The molecule has 1 saturated heterocycles. The molecule has 2 aliphatic heterocycles. The van der Waals surface area contributed by atoms with Gasteiger partial charge in [0.1, 0.15) is 5.76 Å². The molecule has 23 heavy (non-hydrogen) atoms. The van der Waals surface area contributed by atoms with Crippen molar-refractivity contribution in [3.8, 4) is 0 Å². The monoisotopic (exact) mass is 341 g/mol. The van der Waals surface area contributed by atoms with Gasteiger partial charge in [0.2, 0.25) is 0 Å². The number of carboxylic acids is 1. The van der Waals surface area contributed by atoms with Crippen molar-refractivity contribution < 1.29 is 24.2 Å². The Balaban J connectivity index is 2.29. The molecule has 3 atom stereocenters. The van der Waals surface area contributed by atoms with E-state index in [2.05, 4.69) is 12.1 Å². The van der Waals surface area contributed by atoms with Crippen LogP contribution in [0.3, 0.4) is 0 Å². The van der Waals surface area contributed by atoms with Gasteiger partial charge >= 0.3 is 5.97 Å². The molecule has 2 rings (SSSR count). The zero-order valence-corrected chi connectivity index (χ0v) is 14.9. The maximum Gasteiger partial charge on any atom is 0.332 e. The van der Waals surface area contributed by atoms with E-state index in [0.29, 0.717) is 30.5 Å². The highest BCUT2D eigenvalue weighted by atomic mass is 31.2. The maximum absolute atomic E-state index is 11.5. The van der Waals surface area contributed by atoms with E-state index in [4.69, 9.17) is 14.3 Å². The quantitative estimate of drug-likeness (QED) is 0.473. The second-order valence-electron chi connectivity index (χ2n) is 6.07. The van der Waals surface area contributed by atoms with Crippen LogP contribution in [0.15, 0.2) is 28.4 Å². The fourth-order valence-corrected chi connectivity index (χ4v) is 4.41. The Labute approximate surface area is 136 Å². The van der Waals surface area contributed by atoms with Crippen LogP contribution in [0.1, 0.15) is 20.3 Å². The summed E-state index contributed by atoms with van der Waals surface area (Å²) >= 11 is 0. The minimum Gasteiger partial charge on any atom is -0.501 e. The van der Waals surface area contributed by atoms with Gasteiger partial charge in [-0.2, -0.15) is 0 Å². The summed E-state index contributed by atoms with van der Waals surface area (Å²) in [5.74, 6) is 3.82. The van der Waals surface area contributed by atoms with Gasteiger partial charge < -0.3 is 19.4 Å². The van der Waals surface area contributed by atoms with Crippen LogP contribution in [0.5, 0.6) is 0 Å². The van der Waals surface area contributed by atoms with Crippen LogP contribution in [0, 0.1) is 5.92 Å². The summed E-state index contributed by atoms with van der Waals surface area (Å²) in [4.78, 5) is 17.1. The summed E-state index contributed by atoms with van der Waals surface area (Å²) in [6.07, 6.45) is 2.08. The number of oxime groups is 1. The topological polar surface area (TPSA) is 77.3 Å². The Hall–Kier alpha value is -1.52. The van der Waals surface area contributed by atoms with E-state index in [1.807, 2.05) is 31.3 Å². The van der Waals surface area contributed by atoms with Crippen molar-refractivity contribution in [3.63, 3.8) is 0 Å². The van der Waals surface area contributed by atoms with E-state index in [1.165, 1.54) is 0 Å². The van der Waals surface area contributed by atoms with E-state index in [0.717, 1.165) is 5.45 Å². The maximum atomic E-state index is 11.5. The Morgan fingerprint density at radius 1 is 1.48 bits per heavy atom. The molecular weight excluding hydrogens is 317 g/mol. The highest BCUT2D eigenvalue weighted by molar-refractivity contribution is 7.92. The van der Waals surface area contributed by atoms with Gasteiger partial charge in [0.15, 0.2) is 6.10 Å². The molecule has 6 nitrogen and oxygen atoms in total. The molecule has 2 heterocycles. The van der Waals surface area contributed by atoms with Crippen LogP contribution in [0.25, 0.3) is 0 Å². The van der Waals surface area contributed by atoms with Gasteiger partial charge in [0.05, 0.1) is 25.8 Å². The van der Waals surface area contributed by atoms with Crippen LogP contribution in [-0.2, 0) is 19.1 Å². The van der Waals surface area contributed by atoms with Crippen molar-refractivity contribution in [2.24, 2.45) is 11.1 Å². The van der Waals surface area contributed by atoms with Gasteiger partial charge in [0, 0.05) is 17.9 Å². The first-order chi connectivity index (χ1) is 10.9. The largest absolute Gasteiger partial charge is 0.501 e. The highest BCUT2D eigenvalue weighted by Crippen LogP contribution is 2.49. The molecular formula is C16H24NO5P. The molecule has 128 valence electrons. The van der Waals surface area contributed by atoms with Gasteiger partial charge in [-0.15, -0.1) is 0 Å². The fourth-order valence-electron chi connectivity index (χ4n) is 2.38. The number of hydrogen-bond acceptors (Lipinski definition) is 5. The predicted molar refractivity (Wildman–Crippen MR) is 92.3 cm³/mol. The number of carbonyl (C=O) groups is 1. The smallest absolute Gasteiger partial charge is 0.332 e. The van der Waals surface area contributed by atoms with Gasteiger partial charge in [0.25, 0.3) is 0 Å². The van der Waals surface area contributed by atoms with Crippen LogP contribution in [-0.4, -0.2) is 55.4 Å². The number of nitrogens with zero attached hydrogens (tertiary/aromatic N) is 1. The third-order valence-corrected chi connectivity index (χ3v) is 7.30. The second kappa shape index (κ2) is 7.37. The Kier molecular flexibility index (Phi) is 5.71. The number of ether oxygens (including phenoxy) is 2. The molecule has 0 bridgehead atoms. The number of carboxylic acid groups (broad SMARTS) is 1. The van der Waals surface area contributed by atoms with Crippen LogP contribution in [0.2, 0.25) is 0 Å². The Bertz CT molecular complexity index is 620. The molecule has 0 saturated carbocycles. The van der Waals surface area contributed by atoms with Gasteiger partial charge in [-0.05, 0) is 32.4 Å². The summed E-state index contributed by atoms with van der Waals surface area (Å²) in [6, 6.07) is 0. The molecule has 0 aromatic carbocycles. The summed E-state index contributed by atoms with van der Waals surface area (Å²) in [7, 11) is 1.55. The molecule has 0 amide bonds. The van der Waals surface area contributed by atoms with Crippen molar-refractivity contribution in [2.75, 3.05) is 27.0 Å². The minimum atomic E-state index is -1.98. The zero-order chi connectivity index (χ0) is 17.0. The van der Waals surface area contributed by atoms with E-state index in [1.54, 1.807) is 7.11 Å². The Morgan fingerprint density at radius 2 is 2.22 bits per heavy atom. The molecule has 0 spiro atoms. The average molecular weight is 341 g/mol. The third-order valence-electron chi connectivity index (χ3n) is 4.21. The first-order valence-corrected chi connectivity index (χ1v) is 9.92. The molecule has 1 fully saturated rings. The van der Waals surface area contributed by atoms with Crippen molar-refractivity contribution in [1.82, 2.24) is 0 Å². The predicted octanol–water partition coefficient (Wildman–Crippen LogP) is 2.72. The molecule has 0 aliphatic carbocycles. The van der Waals surface area contributed by atoms with Gasteiger partial charge in [-0.25, -0.2) is 4.79 Å². The SMILES string of the molecule is COC1=CC=P(C)(/C(C)=N/OC2COCC2C)C=C(C(=O)O)C1. The van der Waals surface area contributed by atoms with Gasteiger partial charge in [-0.1, -0.05) is 17.9 Å². The summed E-state index contributed by atoms with van der Waals surface area (Å²) in [5, 5.41) is 13.7. The van der Waals surface area contributed by atoms with E-state index in [9.17, 15) is 9.90 Å². The van der Waals surface area contributed by atoms with E-state index < -0.39 is 12.9 Å². The Morgan fingerprint density at radius 3 is 2.78 bits per heavy atom. The number of hydrogen-bond donors (Lipinski definition) is 1. The number of methoxy groups -OCH3 is 1. The molecule has 0 radical (unpaired) electrons. The lowest BCUT2D eigenvalue weighted by Crippen LogP contribution is -2.18. The van der Waals surface area contributed by atoms with E-state index in [-0.39, 0.29) is 12.5 Å². The molecule has 7 heteroatoms. The second-order valence-corrected chi connectivity index (χ2v) is 9.56. The first kappa shape index (κ1) is 17.8.